The maximum atomic E-state index is 8.28. The summed E-state index contributed by atoms with van der Waals surface area (Å²) in [7, 11) is 0. The monoisotopic (exact) mass is 129 g/mol. The van der Waals surface area contributed by atoms with Gasteiger partial charge in [0.05, 0.1) is 19.6 Å². The van der Waals surface area contributed by atoms with Crippen molar-refractivity contribution in [3.63, 3.8) is 0 Å². The molecule has 0 radical (unpaired) electrons. The molecule has 1 N–H and O–H groups in total. The van der Waals surface area contributed by atoms with Crippen LogP contribution in [0.1, 0.15) is 0 Å². The molecule has 52 valence electrons. The first-order chi connectivity index (χ1) is 4.43. The number of rotatable bonds is 2. The van der Waals surface area contributed by atoms with Crippen LogP contribution in [0.5, 0.6) is 0 Å². The van der Waals surface area contributed by atoms with E-state index in [-0.39, 0.29) is 0 Å². The SMILES string of the molecule is OC=CCN1CCOC1. The average Bonchev–Trinajstić information content (AvgIpc) is 2.34. The van der Waals surface area contributed by atoms with Gasteiger partial charge in [0.2, 0.25) is 0 Å². The summed E-state index contributed by atoms with van der Waals surface area (Å²) in [5.41, 5.74) is 0. The Morgan fingerprint density at radius 3 is 3.11 bits per heavy atom. The molecule has 0 amide bonds. The van der Waals surface area contributed by atoms with Gasteiger partial charge in [-0.05, 0) is 6.08 Å². The molecule has 1 rings (SSSR count). The van der Waals surface area contributed by atoms with Gasteiger partial charge in [-0.3, -0.25) is 4.90 Å². The highest BCUT2D eigenvalue weighted by molar-refractivity contribution is 4.77. The summed E-state index contributed by atoms with van der Waals surface area (Å²) in [4.78, 5) is 2.10. The molecule has 0 bridgehead atoms. The van der Waals surface area contributed by atoms with Crippen molar-refractivity contribution in [3.8, 4) is 0 Å². The second kappa shape index (κ2) is 3.48. The molecule has 0 aromatic heterocycles. The van der Waals surface area contributed by atoms with E-state index in [1.54, 1.807) is 6.08 Å². The van der Waals surface area contributed by atoms with E-state index in [2.05, 4.69) is 4.90 Å². The third-order valence-electron chi connectivity index (χ3n) is 1.29. The Labute approximate surface area is 54.5 Å². The van der Waals surface area contributed by atoms with E-state index in [0.29, 0.717) is 6.73 Å². The zero-order valence-corrected chi connectivity index (χ0v) is 5.29. The summed E-state index contributed by atoms with van der Waals surface area (Å²) >= 11 is 0. The van der Waals surface area contributed by atoms with Gasteiger partial charge < -0.3 is 9.84 Å². The fourth-order valence-corrected chi connectivity index (χ4v) is 0.792. The molecule has 0 aromatic carbocycles. The molecule has 0 spiro atoms. The van der Waals surface area contributed by atoms with Crippen LogP contribution in [0.15, 0.2) is 12.3 Å². The molecule has 3 heteroatoms. The Kier molecular flexibility index (Phi) is 2.54. The van der Waals surface area contributed by atoms with Gasteiger partial charge >= 0.3 is 0 Å². The molecule has 1 aliphatic heterocycles. The number of aliphatic hydroxyl groups is 1. The summed E-state index contributed by atoms with van der Waals surface area (Å²) in [6.45, 7) is 3.28. The quantitative estimate of drug-likeness (QED) is 0.546. The maximum Gasteiger partial charge on any atom is 0.0994 e. The minimum atomic E-state index is 0.699. The summed E-state index contributed by atoms with van der Waals surface area (Å²) < 4.78 is 5.06. The first-order valence-corrected chi connectivity index (χ1v) is 3.03. The molecule has 0 atom stereocenters. The largest absolute Gasteiger partial charge is 0.516 e. The fourth-order valence-electron chi connectivity index (χ4n) is 0.792. The highest BCUT2D eigenvalue weighted by Crippen LogP contribution is 1.97. The second-order valence-electron chi connectivity index (χ2n) is 2.00. The van der Waals surface area contributed by atoms with Crippen molar-refractivity contribution in [1.82, 2.24) is 4.90 Å². The average molecular weight is 129 g/mol. The van der Waals surface area contributed by atoms with E-state index < -0.39 is 0 Å². The van der Waals surface area contributed by atoms with Crippen molar-refractivity contribution in [2.24, 2.45) is 0 Å². The Morgan fingerprint density at radius 2 is 2.56 bits per heavy atom. The lowest BCUT2D eigenvalue weighted by Gasteiger charge is -2.07. The zero-order valence-electron chi connectivity index (χ0n) is 5.29. The topological polar surface area (TPSA) is 32.7 Å². The van der Waals surface area contributed by atoms with Crippen LogP contribution in [0.3, 0.4) is 0 Å². The number of nitrogens with zero attached hydrogens (tertiary/aromatic N) is 1. The van der Waals surface area contributed by atoms with Crippen molar-refractivity contribution in [2.45, 2.75) is 0 Å². The molecule has 0 aromatic rings. The van der Waals surface area contributed by atoms with E-state index in [1.807, 2.05) is 0 Å². The van der Waals surface area contributed by atoms with Crippen LogP contribution in [-0.4, -0.2) is 36.4 Å². The summed E-state index contributed by atoms with van der Waals surface area (Å²) in [5.74, 6) is 0. The Bertz CT molecular complexity index is 97.2. The van der Waals surface area contributed by atoms with E-state index in [1.165, 1.54) is 0 Å². The highest BCUT2D eigenvalue weighted by Gasteiger charge is 2.08. The van der Waals surface area contributed by atoms with Crippen LogP contribution < -0.4 is 0 Å². The Morgan fingerprint density at radius 1 is 1.67 bits per heavy atom. The standard InChI is InChI=1S/C6H11NO2/c8-4-1-2-7-3-5-9-6-7/h1,4,8H,2-3,5-6H2. The Balaban J connectivity index is 2.11. The first-order valence-electron chi connectivity index (χ1n) is 3.03. The third kappa shape index (κ3) is 2.03. The second-order valence-corrected chi connectivity index (χ2v) is 2.00. The van der Waals surface area contributed by atoms with Gasteiger partial charge in [-0.25, -0.2) is 0 Å². The van der Waals surface area contributed by atoms with Gasteiger partial charge in [0.1, 0.15) is 0 Å². The van der Waals surface area contributed by atoms with Crippen LogP contribution in [-0.2, 0) is 4.74 Å². The molecular formula is C6H11NO2. The number of hydrogen-bond acceptors (Lipinski definition) is 3. The molecule has 1 saturated heterocycles. The number of ether oxygens (including phenoxy) is 1. The smallest absolute Gasteiger partial charge is 0.0994 e. The summed E-state index contributed by atoms with van der Waals surface area (Å²) in [5, 5.41) is 8.28. The van der Waals surface area contributed by atoms with Crippen molar-refractivity contribution in [2.75, 3.05) is 26.4 Å². The number of hydrogen-bond donors (Lipinski definition) is 1. The predicted octanol–water partition coefficient (Wildman–Crippen LogP) is 0.348. The van der Waals surface area contributed by atoms with Crippen molar-refractivity contribution < 1.29 is 9.84 Å². The van der Waals surface area contributed by atoms with Crippen LogP contribution in [0.4, 0.5) is 0 Å². The van der Waals surface area contributed by atoms with Crippen molar-refractivity contribution in [1.29, 1.82) is 0 Å². The lowest BCUT2D eigenvalue weighted by molar-refractivity contribution is 0.147. The van der Waals surface area contributed by atoms with Crippen LogP contribution in [0, 0.1) is 0 Å². The molecule has 1 aliphatic rings. The molecular weight excluding hydrogens is 118 g/mol. The summed E-state index contributed by atoms with van der Waals surface area (Å²) in [6, 6.07) is 0. The van der Waals surface area contributed by atoms with Crippen LogP contribution in [0.2, 0.25) is 0 Å². The lowest BCUT2D eigenvalue weighted by Crippen LogP contribution is -2.19. The first kappa shape index (κ1) is 6.58. The number of aliphatic hydroxyl groups excluding tert-OH is 1. The molecule has 3 nitrogen and oxygen atoms in total. The Hall–Kier alpha value is -0.540. The molecule has 9 heavy (non-hydrogen) atoms. The fraction of sp³-hybridized carbons (Fsp3) is 0.667. The van der Waals surface area contributed by atoms with Gasteiger partial charge in [-0.1, -0.05) is 0 Å². The molecule has 1 heterocycles. The van der Waals surface area contributed by atoms with Gasteiger partial charge in [0, 0.05) is 13.1 Å². The van der Waals surface area contributed by atoms with Gasteiger partial charge in [0.15, 0.2) is 0 Å². The minimum Gasteiger partial charge on any atom is -0.516 e. The van der Waals surface area contributed by atoms with Crippen molar-refractivity contribution in [3.05, 3.63) is 12.3 Å². The van der Waals surface area contributed by atoms with E-state index in [4.69, 9.17) is 9.84 Å². The molecule has 0 aliphatic carbocycles. The molecule has 1 fully saturated rings. The van der Waals surface area contributed by atoms with Gasteiger partial charge in [0.25, 0.3) is 0 Å². The van der Waals surface area contributed by atoms with Gasteiger partial charge in [-0.2, -0.15) is 0 Å². The summed E-state index contributed by atoms with van der Waals surface area (Å²) in [6.07, 6.45) is 2.77. The van der Waals surface area contributed by atoms with Crippen LogP contribution in [0.25, 0.3) is 0 Å². The predicted molar refractivity (Wildman–Crippen MR) is 34.2 cm³/mol. The van der Waals surface area contributed by atoms with E-state index in [0.717, 1.165) is 26.0 Å². The van der Waals surface area contributed by atoms with E-state index >= 15 is 0 Å². The normalized spacial score (nSPS) is 21.8. The lowest BCUT2D eigenvalue weighted by atomic mass is 10.5. The van der Waals surface area contributed by atoms with Crippen LogP contribution >= 0.6 is 0 Å². The highest BCUT2D eigenvalue weighted by atomic mass is 16.5. The van der Waals surface area contributed by atoms with E-state index in [9.17, 15) is 0 Å². The third-order valence-corrected chi connectivity index (χ3v) is 1.29. The van der Waals surface area contributed by atoms with Gasteiger partial charge in [-0.15, -0.1) is 0 Å². The zero-order chi connectivity index (χ0) is 6.53. The minimum absolute atomic E-state index is 0.699. The maximum absolute atomic E-state index is 8.28. The van der Waals surface area contributed by atoms with Crippen molar-refractivity contribution >= 4 is 0 Å². The molecule has 0 saturated carbocycles. The molecule has 0 unspecified atom stereocenters.